The third-order valence-electron chi connectivity index (χ3n) is 5.25. The molecule has 164 valence electrons. The van der Waals surface area contributed by atoms with E-state index in [0.717, 1.165) is 27.5 Å². The van der Waals surface area contributed by atoms with Crippen LogP contribution < -0.4 is 11.1 Å². The van der Waals surface area contributed by atoms with Gasteiger partial charge in [-0.05, 0) is 50.9 Å². The first-order chi connectivity index (χ1) is 15.7. The second-order valence-corrected chi connectivity index (χ2v) is 7.44. The number of benzene rings is 3. The van der Waals surface area contributed by atoms with Crippen molar-refractivity contribution in [3.63, 3.8) is 0 Å². The highest BCUT2D eigenvalue weighted by molar-refractivity contribution is 5.83. The van der Waals surface area contributed by atoms with Gasteiger partial charge in [0.05, 0.1) is 12.6 Å². The summed E-state index contributed by atoms with van der Waals surface area (Å²) in [7, 11) is 0. The topological polar surface area (TPSA) is 108 Å². The summed E-state index contributed by atoms with van der Waals surface area (Å²) in [5.41, 5.74) is 8.96. The molecule has 0 radical (unpaired) electrons. The number of tetrazole rings is 1. The second-order valence-electron chi connectivity index (χ2n) is 7.44. The number of esters is 1. The fourth-order valence-corrected chi connectivity index (χ4v) is 3.69. The number of nitrogens with one attached hydrogen (secondary N) is 1. The van der Waals surface area contributed by atoms with E-state index in [-0.39, 0.29) is 18.6 Å². The van der Waals surface area contributed by atoms with E-state index >= 15 is 0 Å². The van der Waals surface area contributed by atoms with Gasteiger partial charge in [0.2, 0.25) is 0 Å². The van der Waals surface area contributed by atoms with Gasteiger partial charge in [-0.15, -0.1) is 5.10 Å². The maximum absolute atomic E-state index is 12.1. The molecule has 0 aliphatic carbocycles. The number of nitrogens with zero attached hydrogens (tertiary/aromatic N) is 4. The Morgan fingerprint density at radius 3 is 2.69 bits per heavy atom. The van der Waals surface area contributed by atoms with Crippen LogP contribution in [0.1, 0.15) is 35.5 Å². The van der Waals surface area contributed by atoms with Gasteiger partial charge in [-0.3, -0.25) is 10.1 Å². The molecule has 0 aliphatic heterocycles. The molecule has 0 amide bonds. The van der Waals surface area contributed by atoms with Crippen molar-refractivity contribution in [3.05, 3.63) is 89.2 Å². The van der Waals surface area contributed by atoms with Crippen LogP contribution in [0, 0.1) is 0 Å². The van der Waals surface area contributed by atoms with Crippen molar-refractivity contribution in [3.8, 4) is 0 Å². The van der Waals surface area contributed by atoms with E-state index < -0.39 is 0 Å². The molecule has 1 atom stereocenters. The van der Waals surface area contributed by atoms with Crippen molar-refractivity contribution < 1.29 is 9.53 Å². The number of nitrogens with two attached hydrogens (primary N) is 1. The highest BCUT2D eigenvalue weighted by Crippen LogP contribution is 2.25. The molecule has 4 rings (SSSR count). The molecule has 1 aromatic heterocycles. The van der Waals surface area contributed by atoms with Crippen molar-refractivity contribution in [2.45, 2.75) is 32.6 Å². The average molecular weight is 431 g/mol. The Hall–Kier alpha value is -3.62. The van der Waals surface area contributed by atoms with Gasteiger partial charge in [0, 0.05) is 13.1 Å². The molecule has 8 heteroatoms. The maximum atomic E-state index is 12.1. The zero-order valence-corrected chi connectivity index (χ0v) is 17.9. The molecule has 1 heterocycles. The molecule has 1 unspecified atom stereocenters. The summed E-state index contributed by atoms with van der Waals surface area (Å²) in [6.45, 7) is 3.09. The molecule has 3 aromatic carbocycles. The largest absolute Gasteiger partial charge is 0.465 e. The smallest absolute Gasteiger partial charge is 0.327 e. The van der Waals surface area contributed by atoms with Crippen LogP contribution in [0.3, 0.4) is 0 Å². The lowest BCUT2D eigenvalue weighted by Crippen LogP contribution is -2.27. The molecule has 8 nitrogen and oxygen atoms in total. The normalized spacial score (nSPS) is 12.1. The number of ether oxygens (including phenoxy) is 1. The van der Waals surface area contributed by atoms with Crippen LogP contribution in [-0.2, 0) is 29.2 Å². The Morgan fingerprint density at radius 1 is 1.06 bits per heavy atom. The van der Waals surface area contributed by atoms with Crippen molar-refractivity contribution in [1.82, 2.24) is 25.5 Å². The van der Waals surface area contributed by atoms with Crippen LogP contribution in [0.15, 0.2) is 66.7 Å². The minimum atomic E-state index is -0.381. The highest BCUT2D eigenvalue weighted by atomic mass is 16.5. The molecule has 0 fully saturated rings. The Balaban J connectivity index is 1.67. The third-order valence-corrected chi connectivity index (χ3v) is 5.25. The number of aromatic nitrogens is 4. The third kappa shape index (κ3) is 4.99. The summed E-state index contributed by atoms with van der Waals surface area (Å²) in [6.07, 6.45) is 0. The van der Waals surface area contributed by atoms with Crippen molar-refractivity contribution in [2.75, 3.05) is 6.61 Å². The van der Waals surface area contributed by atoms with Gasteiger partial charge in [-0.1, -0.05) is 60.7 Å². The summed E-state index contributed by atoms with van der Waals surface area (Å²) in [5.74, 6) is 0.164. The van der Waals surface area contributed by atoms with Crippen molar-refractivity contribution >= 4 is 16.7 Å². The van der Waals surface area contributed by atoms with Crippen molar-refractivity contribution in [1.29, 1.82) is 0 Å². The van der Waals surface area contributed by atoms with Gasteiger partial charge < -0.3 is 10.5 Å². The van der Waals surface area contributed by atoms with E-state index in [4.69, 9.17) is 10.5 Å². The average Bonchev–Trinajstić information content (AvgIpc) is 3.27. The van der Waals surface area contributed by atoms with E-state index in [9.17, 15) is 4.79 Å². The lowest BCUT2D eigenvalue weighted by atomic mass is 10.0. The van der Waals surface area contributed by atoms with Gasteiger partial charge in [0.1, 0.15) is 6.54 Å². The Labute approximate surface area is 186 Å². The van der Waals surface area contributed by atoms with E-state index in [1.807, 2.05) is 30.3 Å². The fourth-order valence-electron chi connectivity index (χ4n) is 3.69. The van der Waals surface area contributed by atoms with Gasteiger partial charge in [0.15, 0.2) is 5.82 Å². The number of hydrogen-bond acceptors (Lipinski definition) is 7. The van der Waals surface area contributed by atoms with E-state index in [1.165, 1.54) is 4.68 Å². The van der Waals surface area contributed by atoms with Gasteiger partial charge in [-0.2, -0.15) is 0 Å². The number of carbonyl (C=O) groups excluding carboxylic acids is 1. The number of rotatable bonds is 9. The predicted octanol–water partition coefficient (Wildman–Crippen LogP) is 2.73. The van der Waals surface area contributed by atoms with Crippen LogP contribution in [0.2, 0.25) is 0 Å². The molecule has 4 aromatic rings. The summed E-state index contributed by atoms with van der Waals surface area (Å²) in [4.78, 5) is 12.1. The molecule has 0 saturated carbocycles. The first kappa shape index (κ1) is 21.6. The molecular weight excluding hydrogens is 404 g/mol. The zero-order valence-electron chi connectivity index (χ0n) is 17.9. The van der Waals surface area contributed by atoms with Crippen LogP contribution in [-0.4, -0.2) is 32.8 Å². The van der Waals surface area contributed by atoms with Gasteiger partial charge in [0.25, 0.3) is 0 Å². The van der Waals surface area contributed by atoms with E-state index in [2.05, 4.69) is 57.2 Å². The molecule has 3 N–H and O–H groups in total. The fraction of sp³-hybridized carbons (Fsp3) is 0.250. The number of hydrogen-bond donors (Lipinski definition) is 2. The van der Waals surface area contributed by atoms with Crippen LogP contribution in [0.4, 0.5) is 0 Å². The van der Waals surface area contributed by atoms with Crippen LogP contribution >= 0.6 is 0 Å². The summed E-state index contributed by atoms with van der Waals surface area (Å²) in [6, 6.07) is 22.2. The second kappa shape index (κ2) is 10.1. The zero-order chi connectivity index (χ0) is 22.3. The Bertz CT molecular complexity index is 1210. The van der Waals surface area contributed by atoms with Gasteiger partial charge >= 0.3 is 5.97 Å². The quantitative estimate of drug-likeness (QED) is 0.393. The van der Waals surface area contributed by atoms with Crippen LogP contribution in [0.25, 0.3) is 10.8 Å². The van der Waals surface area contributed by atoms with E-state index in [1.54, 1.807) is 6.92 Å². The standard InChI is InChI=1S/C24H26N6O2/c1-2-32-22(31)16-30-24(27-28-29-30)23(26-15-18-7-5-6-17(12-18)14-25)21-11-10-19-8-3-4-9-20(19)13-21/h3-13,23,26H,2,14-16,25H2,1H3. The van der Waals surface area contributed by atoms with Gasteiger partial charge in [-0.25, -0.2) is 4.68 Å². The number of fused-ring (bicyclic) bond motifs is 1. The maximum Gasteiger partial charge on any atom is 0.327 e. The predicted molar refractivity (Wildman–Crippen MR) is 121 cm³/mol. The number of carbonyl (C=O) groups is 1. The molecule has 0 saturated heterocycles. The molecule has 0 spiro atoms. The highest BCUT2D eigenvalue weighted by Gasteiger charge is 2.23. The Kier molecular flexibility index (Phi) is 6.84. The van der Waals surface area contributed by atoms with E-state index in [0.29, 0.717) is 25.5 Å². The molecule has 0 aliphatic rings. The molecule has 32 heavy (non-hydrogen) atoms. The summed E-state index contributed by atoms with van der Waals surface area (Å²) in [5, 5.41) is 17.9. The minimum Gasteiger partial charge on any atom is -0.465 e. The lowest BCUT2D eigenvalue weighted by Gasteiger charge is -2.19. The summed E-state index contributed by atoms with van der Waals surface area (Å²) >= 11 is 0. The van der Waals surface area contributed by atoms with Crippen molar-refractivity contribution in [2.24, 2.45) is 5.73 Å². The molecular formula is C24H26N6O2. The summed E-state index contributed by atoms with van der Waals surface area (Å²) < 4.78 is 6.57. The first-order valence-corrected chi connectivity index (χ1v) is 10.6. The Morgan fingerprint density at radius 2 is 1.88 bits per heavy atom. The SMILES string of the molecule is CCOC(=O)Cn1nnnc1C(NCc1cccc(CN)c1)c1ccc2ccccc2c1. The van der Waals surface area contributed by atoms with Crippen LogP contribution in [0.5, 0.6) is 0 Å². The lowest BCUT2D eigenvalue weighted by molar-refractivity contribution is -0.144. The monoisotopic (exact) mass is 430 g/mol. The molecule has 0 bridgehead atoms. The first-order valence-electron chi connectivity index (χ1n) is 10.6. The minimum absolute atomic E-state index is 0.0510.